The van der Waals surface area contributed by atoms with Gasteiger partial charge in [0.1, 0.15) is 5.82 Å². The summed E-state index contributed by atoms with van der Waals surface area (Å²) in [6.45, 7) is 2.75. The molecule has 0 saturated carbocycles. The van der Waals surface area contributed by atoms with Gasteiger partial charge in [-0.3, -0.25) is 0 Å². The van der Waals surface area contributed by atoms with Crippen molar-refractivity contribution in [3.63, 3.8) is 0 Å². The minimum Gasteiger partial charge on any atom is -0.350 e. The molecule has 0 atom stereocenters. The van der Waals surface area contributed by atoms with Crippen LogP contribution in [0.5, 0.6) is 0 Å². The second-order valence-electron chi connectivity index (χ2n) is 5.30. The number of hydrogen-bond acceptors (Lipinski definition) is 4. The lowest BCUT2D eigenvalue weighted by Crippen LogP contribution is -2.05. The van der Waals surface area contributed by atoms with Crippen molar-refractivity contribution >= 4 is 40.7 Å². The Bertz CT molecular complexity index is 852. The van der Waals surface area contributed by atoms with Gasteiger partial charge in [-0.05, 0) is 42.3 Å². The van der Waals surface area contributed by atoms with Gasteiger partial charge in [-0.15, -0.1) is 0 Å². The zero-order valence-corrected chi connectivity index (χ0v) is 14.6. The number of aryl methyl sites for hydroxylation is 1. The van der Waals surface area contributed by atoms with Gasteiger partial charge in [-0.25, -0.2) is 4.98 Å². The molecule has 0 aliphatic carbocycles. The molecular weight excluding hydrogens is 343 g/mol. The van der Waals surface area contributed by atoms with E-state index in [1.54, 1.807) is 24.4 Å². The molecule has 6 heteroatoms. The molecule has 0 amide bonds. The predicted molar refractivity (Wildman–Crippen MR) is 100 cm³/mol. The van der Waals surface area contributed by atoms with Crippen LogP contribution in [-0.4, -0.2) is 9.97 Å². The van der Waals surface area contributed by atoms with E-state index >= 15 is 0 Å². The molecule has 0 radical (unpaired) electrons. The Hall–Kier alpha value is -2.30. The van der Waals surface area contributed by atoms with E-state index in [4.69, 9.17) is 23.2 Å². The number of rotatable bonds is 5. The number of benzene rings is 2. The third kappa shape index (κ3) is 4.16. The summed E-state index contributed by atoms with van der Waals surface area (Å²) in [5.74, 6) is 1.24. The smallest absolute Gasteiger partial charge is 0.224 e. The van der Waals surface area contributed by atoms with Gasteiger partial charge in [0.25, 0.3) is 0 Å². The first-order valence-electron chi connectivity index (χ1n) is 7.45. The van der Waals surface area contributed by atoms with E-state index in [1.165, 1.54) is 11.1 Å². The Morgan fingerprint density at radius 2 is 1.83 bits per heavy atom. The molecular formula is C18H16Cl2N4. The van der Waals surface area contributed by atoms with Crippen LogP contribution in [0.15, 0.2) is 54.7 Å². The van der Waals surface area contributed by atoms with Gasteiger partial charge >= 0.3 is 0 Å². The van der Waals surface area contributed by atoms with Crippen molar-refractivity contribution < 1.29 is 0 Å². The SMILES string of the molecule is Cc1ccccc1CNc1nccc(Nc2ccc(Cl)c(Cl)c2)n1. The molecule has 0 saturated heterocycles. The summed E-state index contributed by atoms with van der Waals surface area (Å²) in [6, 6.07) is 15.3. The van der Waals surface area contributed by atoms with Crippen LogP contribution in [0, 0.1) is 6.92 Å². The average molecular weight is 359 g/mol. The highest BCUT2D eigenvalue weighted by molar-refractivity contribution is 6.42. The van der Waals surface area contributed by atoms with Crippen molar-refractivity contribution in [1.29, 1.82) is 0 Å². The fraction of sp³-hybridized carbons (Fsp3) is 0.111. The van der Waals surface area contributed by atoms with Crippen molar-refractivity contribution in [1.82, 2.24) is 9.97 Å². The van der Waals surface area contributed by atoms with E-state index in [0.29, 0.717) is 28.4 Å². The number of hydrogen-bond donors (Lipinski definition) is 2. The van der Waals surface area contributed by atoms with Crippen LogP contribution in [0.4, 0.5) is 17.5 Å². The molecule has 4 nitrogen and oxygen atoms in total. The van der Waals surface area contributed by atoms with Gasteiger partial charge in [0.2, 0.25) is 5.95 Å². The predicted octanol–water partition coefficient (Wildman–Crippen LogP) is 5.45. The van der Waals surface area contributed by atoms with Crippen LogP contribution in [0.2, 0.25) is 10.0 Å². The molecule has 0 aliphatic rings. The van der Waals surface area contributed by atoms with E-state index in [2.05, 4.69) is 39.7 Å². The van der Waals surface area contributed by atoms with E-state index < -0.39 is 0 Å². The molecule has 0 unspecified atom stereocenters. The summed E-state index contributed by atoms with van der Waals surface area (Å²) < 4.78 is 0. The van der Waals surface area contributed by atoms with Crippen LogP contribution in [0.3, 0.4) is 0 Å². The monoisotopic (exact) mass is 358 g/mol. The summed E-state index contributed by atoms with van der Waals surface area (Å²) in [5, 5.41) is 7.44. The topological polar surface area (TPSA) is 49.8 Å². The molecule has 0 bridgehead atoms. The molecule has 0 spiro atoms. The normalized spacial score (nSPS) is 10.5. The minimum atomic E-state index is 0.494. The zero-order chi connectivity index (χ0) is 16.9. The van der Waals surface area contributed by atoms with Gasteiger partial charge in [0.05, 0.1) is 10.0 Å². The van der Waals surface area contributed by atoms with Crippen LogP contribution < -0.4 is 10.6 Å². The first kappa shape index (κ1) is 16.6. The second-order valence-corrected chi connectivity index (χ2v) is 6.11. The average Bonchev–Trinajstić information content (AvgIpc) is 2.58. The van der Waals surface area contributed by atoms with E-state index in [1.807, 2.05) is 18.2 Å². The summed E-state index contributed by atoms with van der Waals surface area (Å²) in [7, 11) is 0. The highest BCUT2D eigenvalue weighted by atomic mass is 35.5. The summed E-state index contributed by atoms with van der Waals surface area (Å²) in [4.78, 5) is 8.70. The fourth-order valence-corrected chi connectivity index (χ4v) is 2.52. The summed E-state index contributed by atoms with van der Waals surface area (Å²) in [5.41, 5.74) is 3.26. The molecule has 1 heterocycles. The molecule has 24 heavy (non-hydrogen) atoms. The molecule has 1 aromatic heterocycles. The van der Waals surface area contributed by atoms with Gasteiger partial charge in [0, 0.05) is 18.4 Å². The maximum Gasteiger partial charge on any atom is 0.224 e. The quantitative estimate of drug-likeness (QED) is 0.636. The van der Waals surface area contributed by atoms with Crippen molar-refractivity contribution in [3.05, 3.63) is 75.9 Å². The van der Waals surface area contributed by atoms with E-state index in [9.17, 15) is 0 Å². The van der Waals surface area contributed by atoms with E-state index in [0.717, 1.165) is 5.69 Å². The van der Waals surface area contributed by atoms with Crippen molar-refractivity contribution in [3.8, 4) is 0 Å². The molecule has 2 N–H and O–H groups in total. The van der Waals surface area contributed by atoms with Crippen molar-refractivity contribution in [2.45, 2.75) is 13.5 Å². The molecule has 3 rings (SSSR count). The Morgan fingerprint density at radius 1 is 1.00 bits per heavy atom. The molecule has 122 valence electrons. The highest BCUT2D eigenvalue weighted by Gasteiger charge is 2.03. The Labute approximate surface area is 150 Å². The van der Waals surface area contributed by atoms with Gasteiger partial charge in [0.15, 0.2) is 0 Å². The lowest BCUT2D eigenvalue weighted by molar-refractivity contribution is 1.04. The number of nitrogens with one attached hydrogen (secondary N) is 2. The van der Waals surface area contributed by atoms with Crippen LogP contribution in [0.25, 0.3) is 0 Å². The maximum absolute atomic E-state index is 6.03. The Morgan fingerprint density at radius 3 is 2.62 bits per heavy atom. The van der Waals surface area contributed by atoms with Crippen LogP contribution >= 0.6 is 23.2 Å². The number of aromatic nitrogens is 2. The number of nitrogens with zero attached hydrogens (tertiary/aromatic N) is 2. The zero-order valence-electron chi connectivity index (χ0n) is 13.1. The number of halogens is 2. The third-order valence-corrected chi connectivity index (χ3v) is 4.28. The van der Waals surface area contributed by atoms with Crippen molar-refractivity contribution in [2.24, 2.45) is 0 Å². The van der Waals surface area contributed by atoms with E-state index in [-0.39, 0.29) is 0 Å². The molecule has 3 aromatic rings. The summed E-state index contributed by atoms with van der Waals surface area (Å²) in [6.07, 6.45) is 1.70. The minimum absolute atomic E-state index is 0.494. The summed E-state index contributed by atoms with van der Waals surface area (Å²) >= 11 is 12.0. The largest absolute Gasteiger partial charge is 0.350 e. The first-order chi connectivity index (χ1) is 11.6. The highest BCUT2D eigenvalue weighted by Crippen LogP contribution is 2.26. The fourth-order valence-electron chi connectivity index (χ4n) is 2.22. The third-order valence-electron chi connectivity index (χ3n) is 3.55. The second kappa shape index (κ2) is 7.51. The lowest BCUT2D eigenvalue weighted by Gasteiger charge is -2.10. The molecule has 0 aliphatic heterocycles. The van der Waals surface area contributed by atoms with Gasteiger partial charge < -0.3 is 10.6 Å². The van der Waals surface area contributed by atoms with Crippen LogP contribution in [0.1, 0.15) is 11.1 Å². The maximum atomic E-state index is 6.03. The Kier molecular flexibility index (Phi) is 5.18. The number of anilines is 3. The lowest BCUT2D eigenvalue weighted by atomic mass is 10.1. The van der Waals surface area contributed by atoms with Crippen LogP contribution in [-0.2, 0) is 6.54 Å². The molecule has 0 fully saturated rings. The van der Waals surface area contributed by atoms with Gasteiger partial charge in [-0.1, -0.05) is 47.5 Å². The first-order valence-corrected chi connectivity index (χ1v) is 8.21. The van der Waals surface area contributed by atoms with Gasteiger partial charge in [-0.2, -0.15) is 4.98 Å². The Balaban J connectivity index is 1.69. The standard InChI is InChI=1S/C18H16Cl2N4/c1-12-4-2-3-5-13(12)11-22-18-21-9-8-17(24-18)23-14-6-7-15(19)16(20)10-14/h2-10H,11H2,1H3,(H2,21,22,23,24). The molecule has 2 aromatic carbocycles. The van der Waals surface area contributed by atoms with Crippen molar-refractivity contribution in [2.75, 3.05) is 10.6 Å².